The SMILES string of the molecule is CN(C)C(CCC(=O)O)C(=O)c1ccc(F)c(F)c1. The summed E-state index contributed by atoms with van der Waals surface area (Å²) in [4.78, 5) is 24.2. The summed E-state index contributed by atoms with van der Waals surface area (Å²) in [6.45, 7) is 0. The molecule has 0 saturated carbocycles. The van der Waals surface area contributed by atoms with E-state index in [0.29, 0.717) is 0 Å². The summed E-state index contributed by atoms with van der Waals surface area (Å²) < 4.78 is 25.9. The third kappa shape index (κ3) is 4.10. The van der Waals surface area contributed by atoms with Crippen molar-refractivity contribution < 1.29 is 23.5 Å². The molecule has 0 fully saturated rings. The maximum absolute atomic E-state index is 13.1. The molecule has 19 heavy (non-hydrogen) atoms. The third-order valence-electron chi connectivity index (χ3n) is 2.76. The van der Waals surface area contributed by atoms with Gasteiger partial charge in [0.25, 0.3) is 0 Å². The number of ketones is 1. The molecule has 1 rings (SSSR count). The predicted molar refractivity (Wildman–Crippen MR) is 65.0 cm³/mol. The molecule has 1 atom stereocenters. The molecule has 6 heteroatoms. The molecule has 0 aromatic heterocycles. The smallest absolute Gasteiger partial charge is 0.303 e. The largest absolute Gasteiger partial charge is 0.481 e. The van der Waals surface area contributed by atoms with Crippen LogP contribution in [0.4, 0.5) is 8.78 Å². The zero-order valence-electron chi connectivity index (χ0n) is 10.7. The molecule has 0 aliphatic rings. The van der Waals surface area contributed by atoms with Crippen molar-refractivity contribution in [1.82, 2.24) is 4.90 Å². The minimum absolute atomic E-state index is 0.0305. The summed E-state index contributed by atoms with van der Waals surface area (Å²) in [5.74, 6) is -3.56. The van der Waals surface area contributed by atoms with Gasteiger partial charge in [0, 0.05) is 12.0 Å². The van der Waals surface area contributed by atoms with E-state index in [2.05, 4.69) is 0 Å². The van der Waals surface area contributed by atoms with Crippen molar-refractivity contribution in [1.29, 1.82) is 0 Å². The summed E-state index contributed by atoms with van der Waals surface area (Å²) >= 11 is 0. The molecule has 0 aliphatic carbocycles. The van der Waals surface area contributed by atoms with E-state index in [-0.39, 0.29) is 18.4 Å². The molecule has 1 N–H and O–H groups in total. The number of benzene rings is 1. The Hall–Kier alpha value is -1.82. The lowest BCUT2D eigenvalue weighted by atomic mass is 9.99. The van der Waals surface area contributed by atoms with Gasteiger partial charge < -0.3 is 5.11 Å². The molecular weight excluding hydrogens is 256 g/mol. The van der Waals surface area contributed by atoms with Crippen LogP contribution in [0.2, 0.25) is 0 Å². The van der Waals surface area contributed by atoms with Gasteiger partial charge in [-0.15, -0.1) is 0 Å². The van der Waals surface area contributed by atoms with Crippen molar-refractivity contribution >= 4 is 11.8 Å². The molecular formula is C13H15F2NO3. The molecule has 4 nitrogen and oxygen atoms in total. The first-order valence-electron chi connectivity index (χ1n) is 5.70. The number of carbonyl (C=O) groups is 2. The van der Waals surface area contributed by atoms with Crippen molar-refractivity contribution in [2.75, 3.05) is 14.1 Å². The average molecular weight is 271 g/mol. The van der Waals surface area contributed by atoms with Gasteiger partial charge in [-0.05, 0) is 38.7 Å². The zero-order chi connectivity index (χ0) is 14.6. The van der Waals surface area contributed by atoms with Crippen LogP contribution in [0, 0.1) is 11.6 Å². The number of hydrogen-bond donors (Lipinski definition) is 1. The maximum Gasteiger partial charge on any atom is 0.303 e. The second kappa shape index (κ2) is 6.38. The number of rotatable bonds is 6. The Labute approximate surface area is 109 Å². The number of nitrogens with zero attached hydrogens (tertiary/aromatic N) is 1. The van der Waals surface area contributed by atoms with Crippen LogP contribution in [-0.4, -0.2) is 41.9 Å². The molecule has 0 saturated heterocycles. The van der Waals surface area contributed by atoms with Crippen LogP contribution in [0.1, 0.15) is 23.2 Å². The maximum atomic E-state index is 13.1. The molecule has 0 bridgehead atoms. The van der Waals surface area contributed by atoms with Gasteiger partial charge in [0.1, 0.15) is 0 Å². The first kappa shape index (κ1) is 15.2. The van der Waals surface area contributed by atoms with Crippen molar-refractivity contribution in [3.05, 3.63) is 35.4 Å². The molecule has 104 valence electrons. The van der Waals surface area contributed by atoms with Crippen LogP contribution in [-0.2, 0) is 4.79 Å². The summed E-state index contributed by atoms with van der Waals surface area (Å²) in [6.07, 6.45) is -0.0571. The number of carboxylic acid groups (broad SMARTS) is 1. The van der Waals surface area contributed by atoms with Crippen LogP contribution in [0.15, 0.2) is 18.2 Å². The second-order valence-corrected chi connectivity index (χ2v) is 4.40. The number of aliphatic carboxylic acids is 1. The van der Waals surface area contributed by atoms with Crippen molar-refractivity contribution in [3.8, 4) is 0 Å². The predicted octanol–water partition coefficient (Wildman–Crippen LogP) is 1.94. The zero-order valence-corrected chi connectivity index (χ0v) is 10.7. The van der Waals surface area contributed by atoms with Crippen molar-refractivity contribution in [3.63, 3.8) is 0 Å². The number of likely N-dealkylation sites (N-methyl/N-ethyl adjacent to an activating group) is 1. The van der Waals surface area contributed by atoms with E-state index in [1.807, 2.05) is 0 Å². The lowest BCUT2D eigenvalue weighted by molar-refractivity contribution is -0.137. The molecule has 0 spiro atoms. The van der Waals surface area contributed by atoms with Crippen LogP contribution < -0.4 is 0 Å². The molecule has 0 heterocycles. The van der Waals surface area contributed by atoms with Gasteiger partial charge in [0.05, 0.1) is 6.04 Å². The minimum atomic E-state index is -1.10. The topological polar surface area (TPSA) is 57.6 Å². The van der Waals surface area contributed by atoms with Crippen molar-refractivity contribution in [2.45, 2.75) is 18.9 Å². The monoisotopic (exact) mass is 271 g/mol. The Morgan fingerprint density at radius 3 is 2.37 bits per heavy atom. The Morgan fingerprint density at radius 2 is 1.89 bits per heavy atom. The van der Waals surface area contributed by atoms with Crippen molar-refractivity contribution in [2.24, 2.45) is 0 Å². The van der Waals surface area contributed by atoms with E-state index in [1.165, 1.54) is 6.07 Å². The number of carboxylic acids is 1. The molecule has 1 unspecified atom stereocenters. The highest BCUT2D eigenvalue weighted by Gasteiger charge is 2.23. The molecule has 1 aromatic carbocycles. The van der Waals surface area contributed by atoms with Crippen LogP contribution in [0.25, 0.3) is 0 Å². The van der Waals surface area contributed by atoms with Gasteiger partial charge in [0.2, 0.25) is 0 Å². The highest BCUT2D eigenvalue weighted by molar-refractivity contribution is 6.00. The Kier molecular flexibility index (Phi) is 5.11. The second-order valence-electron chi connectivity index (χ2n) is 4.40. The van der Waals surface area contributed by atoms with Gasteiger partial charge in [-0.1, -0.05) is 0 Å². The first-order chi connectivity index (χ1) is 8.82. The third-order valence-corrected chi connectivity index (χ3v) is 2.76. The summed E-state index contributed by atoms with van der Waals surface area (Å²) in [5, 5.41) is 8.64. The summed E-state index contributed by atoms with van der Waals surface area (Å²) in [5.41, 5.74) is 0.0305. The van der Waals surface area contributed by atoms with Crippen LogP contribution in [0.5, 0.6) is 0 Å². The van der Waals surface area contributed by atoms with E-state index in [1.54, 1.807) is 19.0 Å². The highest BCUT2D eigenvalue weighted by Crippen LogP contribution is 2.15. The fourth-order valence-electron chi connectivity index (χ4n) is 1.73. The normalized spacial score (nSPS) is 12.5. The van der Waals surface area contributed by atoms with Gasteiger partial charge in [-0.2, -0.15) is 0 Å². The fraction of sp³-hybridized carbons (Fsp3) is 0.385. The number of hydrogen-bond acceptors (Lipinski definition) is 3. The van der Waals surface area contributed by atoms with E-state index in [0.717, 1.165) is 12.1 Å². The Bertz CT molecular complexity index is 489. The molecule has 0 radical (unpaired) electrons. The van der Waals surface area contributed by atoms with Crippen LogP contribution in [0.3, 0.4) is 0 Å². The molecule has 0 aliphatic heterocycles. The summed E-state index contributed by atoms with van der Waals surface area (Å²) in [6, 6.07) is 2.22. The number of carbonyl (C=O) groups excluding carboxylic acids is 1. The van der Waals surface area contributed by atoms with Gasteiger partial charge >= 0.3 is 5.97 Å². The number of halogens is 2. The van der Waals surface area contributed by atoms with Crippen LogP contribution >= 0.6 is 0 Å². The lowest BCUT2D eigenvalue weighted by Gasteiger charge is -2.22. The highest BCUT2D eigenvalue weighted by atomic mass is 19.2. The summed E-state index contributed by atoms with van der Waals surface area (Å²) in [7, 11) is 3.26. The quantitative estimate of drug-likeness (QED) is 0.803. The van der Waals surface area contributed by atoms with E-state index < -0.39 is 29.4 Å². The number of Topliss-reactive ketones (excluding diaryl/α,β-unsaturated/α-hetero) is 1. The van der Waals surface area contributed by atoms with E-state index in [9.17, 15) is 18.4 Å². The van der Waals surface area contributed by atoms with Gasteiger partial charge in [0.15, 0.2) is 17.4 Å². The first-order valence-corrected chi connectivity index (χ1v) is 5.70. The average Bonchev–Trinajstić information content (AvgIpc) is 2.31. The van der Waals surface area contributed by atoms with Gasteiger partial charge in [-0.25, -0.2) is 8.78 Å². The molecule has 0 amide bonds. The standard InChI is InChI=1S/C13H15F2NO3/c1-16(2)11(5-6-12(17)18)13(19)8-3-4-9(14)10(15)7-8/h3-4,7,11H,5-6H2,1-2H3,(H,17,18). The van der Waals surface area contributed by atoms with Gasteiger partial charge in [-0.3, -0.25) is 14.5 Å². The Morgan fingerprint density at radius 1 is 1.26 bits per heavy atom. The molecule has 1 aromatic rings. The van der Waals surface area contributed by atoms with E-state index >= 15 is 0 Å². The Balaban J connectivity index is 2.92. The van der Waals surface area contributed by atoms with E-state index in [4.69, 9.17) is 5.11 Å². The minimum Gasteiger partial charge on any atom is -0.481 e. The fourth-order valence-corrected chi connectivity index (χ4v) is 1.73. The lowest BCUT2D eigenvalue weighted by Crippen LogP contribution is -2.36.